The number of nitrogens with two attached hydrogens (primary N) is 1. The molecule has 0 spiro atoms. The van der Waals surface area contributed by atoms with Crippen LogP contribution in [0.4, 0.5) is 11.4 Å². The van der Waals surface area contributed by atoms with E-state index in [1.165, 1.54) is 0 Å². The molecule has 0 aliphatic rings. The molecule has 0 saturated heterocycles. The number of anilines is 2. The summed E-state index contributed by atoms with van der Waals surface area (Å²) in [5.41, 5.74) is 6.96. The molecule has 1 rings (SSSR count). The van der Waals surface area contributed by atoms with Crippen LogP contribution in [0.25, 0.3) is 0 Å². The molecular formula is C14H21ClN2O. The number of benzene rings is 1. The lowest BCUT2D eigenvalue weighted by Gasteiger charge is -2.16. The minimum Gasteiger partial charge on any atom is -0.397 e. The Kier molecular flexibility index (Phi) is 5.99. The van der Waals surface area contributed by atoms with Gasteiger partial charge in [-0.25, -0.2) is 0 Å². The molecule has 100 valence electrons. The lowest BCUT2D eigenvalue weighted by Crippen LogP contribution is -2.23. The Morgan fingerprint density at radius 3 is 2.50 bits per heavy atom. The number of carbonyl (C=O) groups is 1. The number of halogens is 1. The summed E-state index contributed by atoms with van der Waals surface area (Å²) >= 11 is 5.90. The third-order valence-corrected chi connectivity index (χ3v) is 3.15. The summed E-state index contributed by atoms with van der Waals surface area (Å²) in [5.74, 6) is 0.0889. The Bertz CT molecular complexity index is 401. The predicted molar refractivity (Wildman–Crippen MR) is 77.8 cm³/mol. The van der Waals surface area contributed by atoms with Gasteiger partial charge in [-0.15, -0.1) is 0 Å². The van der Waals surface area contributed by atoms with E-state index in [-0.39, 0.29) is 11.8 Å². The maximum atomic E-state index is 12.1. The van der Waals surface area contributed by atoms with Crippen LogP contribution in [-0.2, 0) is 4.79 Å². The Morgan fingerprint density at radius 2 is 1.94 bits per heavy atom. The first-order valence-electron chi connectivity index (χ1n) is 6.44. The molecule has 0 unspecified atom stereocenters. The molecular weight excluding hydrogens is 248 g/mol. The first-order chi connectivity index (χ1) is 8.58. The van der Waals surface area contributed by atoms with Crippen LogP contribution in [0.5, 0.6) is 0 Å². The van der Waals surface area contributed by atoms with E-state index in [0.717, 1.165) is 25.7 Å². The quantitative estimate of drug-likeness (QED) is 0.764. The van der Waals surface area contributed by atoms with E-state index in [4.69, 9.17) is 17.3 Å². The van der Waals surface area contributed by atoms with Crippen LogP contribution in [0.2, 0.25) is 5.02 Å². The fourth-order valence-electron chi connectivity index (χ4n) is 1.97. The molecule has 1 aromatic rings. The van der Waals surface area contributed by atoms with Gasteiger partial charge < -0.3 is 11.1 Å². The van der Waals surface area contributed by atoms with Crippen molar-refractivity contribution in [3.63, 3.8) is 0 Å². The highest BCUT2D eigenvalue weighted by Gasteiger charge is 2.17. The second-order valence-electron chi connectivity index (χ2n) is 4.50. The van der Waals surface area contributed by atoms with Crippen LogP contribution >= 0.6 is 11.6 Å². The minimum absolute atomic E-state index is 0.0349. The van der Waals surface area contributed by atoms with Gasteiger partial charge in [0.1, 0.15) is 0 Å². The van der Waals surface area contributed by atoms with Gasteiger partial charge in [-0.2, -0.15) is 0 Å². The number of hydrogen-bond donors (Lipinski definition) is 2. The van der Waals surface area contributed by atoms with Crippen LogP contribution in [0, 0.1) is 5.92 Å². The molecule has 1 amide bonds. The van der Waals surface area contributed by atoms with Crippen molar-refractivity contribution >= 4 is 28.9 Å². The molecule has 0 saturated carbocycles. The maximum absolute atomic E-state index is 12.1. The maximum Gasteiger partial charge on any atom is 0.227 e. The monoisotopic (exact) mass is 268 g/mol. The summed E-state index contributed by atoms with van der Waals surface area (Å²) in [4.78, 5) is 12.1. The van der Waals surface area contributed by atoms with Crippen molar-refractivity contribution in [3.8, 4) is 0 Å². The highest BCUT2D eigenvalue weighted by Crippen LogP contribution is 2.24. The van der Waals surface area contributed by atoms with E-state index in [0.29, 0.717) is 16.4 Å². The smallest absolute Gasteiger partial charge is 0.227 e. The van der Waals surface area contributed by atoms with E-state index in [1.54, 1.807) is 18.2 Å². The summed E-state index contributed by atoms with van der Waals surface area (Å²) < 4.78 is 0. The topological polar surface area (TPSA) is 55.1 Å². The van der Waals surface area contributed by atoms with Gasteiger partial charge in [0, 0.05) is 10.9 Å². The van der Waals surface area contributed by atoms with E-state index in [9.17, 15) is 4.79 Å². The average Bonchev–Trinajstić information content (AvgIpc) is 2.33. The Balaban J connectivity index is 2.75. The first kappa shape index (κ1) is 14.8. The highest BCUT2D eigenvalue weighted by molar-refractivity contribution is 6.31. The lowest BCUT2D eigenvalue weighted by atomic mass is 9.97. The second-order valence-corrected chi connectivity index (χ2v) is 4.93. The van der Waals surface area contributed by atoms with Gasteiger partial charge in [-0.05, 0) is 31.0 Å². The van der Waals surface area contributed by atoms with Gasteiger partial charge in [-0.3, -0.25) is 4.79 Å². The van der Waals surface area contributed by atoms with E-state index < -0.39 is 0 Å². The van der Waals surface area contributed by atoms with E-state index in [1.807, 2.05) is 0 Å². The van der Waals surface area contributed by atoms with Crippen molar-refractivity contribution in [1.82, 2.24) is 0 Å². The van der Waals surface area contributed by atoms with Gasteiger partial charge in [0.15, 0.2) is 0 Å². The Labute approximate surface area is 114 Å². The molecule has 0 aliphatic heterocycles. The largest absolute Gasteiger partial charge is 0.397 e. The summed E-state index contributed by atoms with van der Waals surface area (Å²) in [5, 5.41) is 3.44. The number of nitrogens with one attached hydrogen (secondary N) is 1. The van der Waals surface area contributed by atoms with Gasteiger partial charge in [0.05, 0.1) is 11.4 Å². The SMILES string of the molecule is CCCC(CCC)C(=O)Nc1cc(Cl)ccc1N. The zero-order valence-corrected chi connectivity index (χ0v) is 11.8. The standard InChI is InChI=1S/C14H21ClN2O/c1-3-5-10(6-4-2)14(18)17-13-9-11(15)7-8-12(13)16/h7-10H,3-6,16H2,1-2H3,(H,17,18). The van der Waals surface area contributed by atoms with Crippen molar-refractivity contribution in [1.29, 1.82) is 0 Å². The van der Waals surface area contributed by atoms with Crippen LogP contribution in [0.1, 0.15) is 39.5 Å². The number of nitrogen functional groups attached to an aromatic ring is 1. The van der Waals surface area contributed by atoms with Gasteiger partial charge in [0.2, 0.25) is 5.91 Å². The number of hydrogen-bond acceptors (Lipinski definition) is 2. The van der Waals surface area contributed by atoms with Crippen LogP contribution < -0.4 is 11.1 Å². The summed E-state index contributed by atoms with van der Waals surface area (Å²) in [6.45, 7) is 4.17. The van der Waals surface area contributed by atoms with E-state index in [2.05, 4.69) is 19.2 Å². The van der Waals surface area contributed by atoms with Gasteiger partial charge in [-0.1, -0.05) is 38.3 Å². The van der Waals surface area contributed by atoms with Crippen molar-refractivity contribution in [2.45, 2.75) is 39.5 Å². The van der Waals surface area contributed by atoms with Crippen molar-refractivity contribution < 1.29 is 4.79 Å². The number of carbonyl (C=O) groups excluding carboxylic acids is 1. The lowest BCUT2D eigenvalue weighted by molar-refractivity contribution is -0.120. The summed E-state index contributed by atoms with van der Waals surface area (Å²) in [6.07, 6.45) is 3.81. The Hall–Kier alpha value is -1.22. The molecule has 0 atom stereocenters. The van der Waals surface area contributed by atoms with Crippen LogP contribution in [0.3, 0.4) is 0 Å². The second kappa shape index (κ2) is 7.27. The minimum atomic E-state index is 0.0349. The van der Waals surface area contributed by atoms with Gasteiger partial charge >= 0.3 is 0 Å². The molecule has 3 N–H and O–H groups in total. The summed E-state index contributed by atoms with van der Waals surface area (Å²) in [6, 6.07) is 5.10. The molecule has 0 bridgehead atoms. The van der Waals surface area contributed by atoms with Gasteiger partial charge in [0.25, 0.3) is 0 Å². The Morgan fingerprint density at radius 1 is 1.33 bits per heavy atom. The fourth-order valence-corrected chi connectivity index (χ4v) is 2.15. The highest BCUT2D eigenvalue weighted by atomic mass is 35.5. The number of rotatable bonds is 6. The molecule has 0 fully saturated rings. The first-order valence-corrected chi connectivity index (χ1v) is 6.82. The van der Waals surface area contributed by atoms with Crippen LogP contribution in [-0.4, -0.2) is 5.91 Å². The average molecular weight is 269 g/mol. The molecule has 1 aromatic carbocycles. The van der Waals surface area contributed by atoms with Crippen molar-refractivity contribution in [2.24, 2.45) is 5.92 Å². The molecule has 0 radical (unpaired) electrons. The van der Waals surface area contributed by atoms with E-state index >= 15 is 0 Å². The van der Waals surface area contributed by atoms with Crippen molar-refractivity contribution in [3.05, 3.63) is 23.2 Å². The molecule has 4 heteroatoms. The number of amides is 1. The third kappa shape index (κ3) is 4.22. The molecule has 18 heavy (non-hydrogen) atoms. The summed E-state index contributed by atoms with van der Waals surface area (Å²) in [7, 11) is 0. The zero-order valence-electron chi connectivity index (χ0n) is 11.0. The zero-order chi connectivity index (χ0) is 13.5. The normalized spacial score (nSPS) is 10.7. The third-order valence-electron chi connectivity index (χ3n) is 2.92. The predicted octanol–water partition coefficient (Wildman–Crippen LogP) is 4.08. The van der Waals surface area contributed by atoms with Crippen molar-refractivity contribution in [2.75, 3.05) is 11.1 Å². The fraction of sp³-hybridized carbons (Fsp3) is 0.500. The molecule has 0 aliphatic carbocycles. The molecule has 3 nitrogen and oxygen atoms in total. The van der Waals surface area contributed by atoms with Crippen LogP contribution in [0.15, 0.2) is 18.2 Å². The molecule has 0 heterocycles. The molecule has 0 aromatic heterocycles.